The lowest BCUT2D eigenvalue weighted by Crippen LogP contribution is -2.44. The van der Waals surface area contributed by atoms with Crippen LogP contribution in [0, 0.1) is 12.7 Å². The molecule has 0 unspecified atom stereocenters. The molecule has 0 amide bonds. The third-order valence-electron chi connectivity index (χ3n) is 5.72. The van der Waals surface area contributed by atoms with Crippen LogP contribution in [0.2, 0.25) is 5.02 Å². The van der Waals surface area contributed by atoms with Crippen LogP contribution in [0.25, 0.3) is 11.1 Å². The molecular weight excluding hydrogens is 441 g/mol. The van der Waals surface area contributed by atoms with Gasteiger partial charge >= 0.3 is 5.69 Å². The molecule has 0 aliphatic heterocycles. The largest absolute Gasteiger partial charge is 0.331 e. The molecule has 4 aromatic rings. The Bertz CT molecular complexity index is 1410. The van der Waals surface area contributed by atoms with Crippen molar-refractivity contribution in [2.45, 2.75) is 26.1 Å². The second-order valence-corrected chi connectivity index (χ2v) is 8.24. The zero-order chi connectivity index (χ0) is 23.5. The molecule has 0 saturated heterocycles. The van der Waals surface area contributed by atoms with Crippen molar-refractivity contribution in [2.24, 2.45) is 5.73 Å². The van der Waals surface area contributed by atoms with E-state index in [1.54, 1.807) is 31.2 Å². The molecule has 0 spiro atoms. The lowest BCUT2D eigenvalue weighted by Gasteiger charge is -2.20. The molecule has 0 aliphatic carbocycles. The standard InChI is InChI=1S/C26H23ClFN3O2/c1-17-24(20-12-6-8-14-22(20)28)25(32)31(16-23(29)18-9-3-2-4-10-18)26(33)30(17)15-19-11-5-7-13-21(19)27/h2-14,23H,15-16,29H2,1H3/t23-/m0/s1. The Kier molecular flexibility index (Phi) is 6.58. The summed E-state index contributed by atoms with van der Waals surface area (Å²) in [6.45, 7) is 1.72. The predicted molar refractivity (Wildman–Crippen MR) is 129 cm³/mol. The lowest BCUT2D eigenvalue weighted by molar-refractivity contribution is 0.508. The Balaban J connectivity index is 1.93. The summed E-state index contributed by atoms with van der Waals surface area (Å²) in [6, 6.07) is 21.8. The number of hydrogen-bond acceptors (Lipinski definition) is 3. The zero-order valence-corrected chi connectivity index (χ0v) is 18.8. The monoisotopic (exact) mass is 463 g/mol. The molecule has 3 aromatic carbocycles. The second kappa shape index (κ2) is 9.57. The molecule has 0 fully saturated rings. The average Bonchev–Trinajstić information content (AvgIpc) is 2.82. The van der Waals surface area contributed by atoms with Crippen LogP contribution < -0.4 is 17.0 Å². The van der Waals surface area contributed by atoms with Gasteiger partial charge in [0.25, 0.3) is 5.56 Å². The smallest absolute Gasteiger partial charge is 0.322 e. The van der Waals surface area contributed by atoms with E-state index in [9.17, 15) is 14.0 Å². The van der Waals surface area contributed by atoms with E-state index in [-0.39, 0.29) is 24.2 Å². The molecule has 4 rings (SSSR count). The van der Waals surface area contributed by atoms with Crippen molar-refractivity contribution in [3.05, 3.63) is 127 Å². The number of benzene rings is 3. The van der Waals surface area contributed by atoms with Crippen LogP contribution in [0.4, 0.5) is 4.39 Å². The summed E-state index contributed by atoms with van der Waals surface area (Å²) in [5.74, 6) is -0.542. The molecule has 0 radical (unpaired) electrons. The fourth-order valence-corrected chi connectivity index (χ4v) is 4.12. The molecule has 1 heterocycles. The summed E-state index contributed by atoms with van der Waals surface area (Å²) in [5, 5.41) is 0.495. The van der Waals surface area contributed by atoms with Gasteiger partial charge in [0.05, 0.1) is 18.7 Å². The quantitative estimate of drug-likeness (QED) is 0.457. The molecule has 33 heavy (non-hydrogen) atoms. The van der Waals surface area contributed by atoms with Crippen molar-refractivity contribution < 1.29 is 4.39 Å². The Morgan fingerprint density at radius 1 is 0.909 bits per heavy atom. The highest BCUT2D eigenvalue weighted by molar-refractivity contribution is 6.31. The normalized spacial score (nSPS) is 12.0. The van der Waals surface area contributed by atoms with Gasteiger partial charge in [-0.15, -0.1) is 0 Å². The van der Waals surface area contributed by atoms with Gasteiger partial charge in [-0.1, -0.05) is 78.3 Å². The van der Waals surface area contributed by atoms with Crippen molar-refractivity contribution in [1.29, 1.82) is 0 Å². The summed E-state index contributed by atoms with van der Waals surface area (Å²) in [5.41, 5.74) is 7.36. The van der Waals surface area contributed by atoms with E-state index in [2.05, 4.69) is 0 Å². The van der Waals surface area contributed by atoms with E-state index in [0.717, 1.165) is 10.1 Å². The molecule has 168 valence electrons. The minimum Gasteiger partial charge on any atom is -0.322 e. The Labute approximate surface area is 195 Å². The Hall–Kier alpha value is -3.48. The topological polar surface area (TPSA) is 70.0 Å². The van der Waals surface area contributed by atoms with E-state index >= 15 is 0 Å². The highest BCUT2D eigenvalue weighted by Gasteiger charge is 2.22. The number of halogens is 2. The Morgan fingerprint density at radius 2 is 1.55 bits per heavy atom. The van der Waals surface area contributed by atoms with Crippen LogP contribution in [0.3, 0.4) is 0 Å². The summed E-state index contributed by atoms with van der Waals surface area (Å²) < 4.78 is 17.3. The van der Waals surface area contributed by atoms with Crippen LogP contribution in [0.1, 0.15) is 22.9 Å². The minimum absolute atomic E-state index is 0.0497. The van der Waals surface area contributed by atoms with E-state index in [1.807, 2.05) is 42.5 Å². The van der Waals surface area contributed by atoms with Crippen molar-refractivity contribution in [3.63, 3.8) is 0 Å². The van der Waals surface area contributed by atoms with Crippen molar-refractivity contribution >= 4 is 11.6 Å². The van der Waals surface area contributed by atoms with Crippen LogP contribution in [-0.2, 0) is 13.1 Å². The minimum atomic E-state index is -0.596. The first-order chi connectivity index (χ1) is 15.9. The number of nitrogens with zero attached hydrogens (tertiary/aromatic N) is 2. The van der Waals surface area contributed by atoms with E-state index in [4.69, 9.17) is 17.3 Å². The molecule has 0 aliphatic rings. The molecular formula is C26H23ClFN3O2. The average molecular weight is 464 g/mol. The Morgan fingerprint density at radius 3 is 2.24 bits per heavy atom. The lowest BCUT2D eigenvalue weighted by atomic mass is 10.0. The fourth-order valence-electron chi connectivity index (χ4n) is 3.92. The second-order valence-electron chi connectivity index (χ2n) is 7.83. The van der Waals surface area contributed by atoms with Crippen LogP contribution >= 0.6 is 11.6 Å². The zero-order valence-electron chi connectivity index (χ0n) is 18.0. The molecule has 5 nitrogen and oxygen atoms in total. The number of rotatable bonds is 6. The molecule has 0 saturated carbocycles. The summed E-state index contributed by atoms with van der Waals surface area (Å²) in [6.07, 6.45) is 0. The van der Waals surface area contributed by atoms with Crippen LogP contribution in [-0.4, -0.2) is 9.13 Å². The van der Waals surface area contributed by atoms with E-state index < -0.39 is 23.1 Å². The van der Waals surface area contributed by atoms with Gasteiger partial charge < -0.3 is 5.73 Å². The maximum Gasteiger partial charge on any atom is 0.331 e. The summed E-state index contributed by atoms with van der Waals surface area (Å²) in [4.78, 5) is 27.0. The number of aromatic nitrogens is 2. The number of hydrogen-bond donors (Lipinski definition) is 1. The van der Waals surface area contributed by atoms with Gasteiger partial charge in [-0.2, -0.15) is 0 Å². The first-order valence-electron chi connectivity index (χ1n) is 10.5. The highest BCUT2D eigenvalue weighted by Crippen LogP contribution is 2.24. The van der Waals surface area contributed by atoms with Crippen LogP contribution in [0.5, 0.6) is 0 Å². The van der Waals surface area contributed by atoms with E-state index in [0.29, 0.717) is 16.3 Å². The van der Waals surface area contributed by atoms with Crippen molar-refractivity contribution in [1.82, 2.24) is 9.13 Å². The summed E-state index contributed by atoms with van der Waals surface area (Å²) >= 11 is 6.33. The fraction of sp³-hybridized carbons (Fsp3) is 0.154. The van der Waals surface area contributed by atoms with Gasteiger partial charge in [-0.25, -0.2) is 9.18 Å². The third-order valence-corrected chi connectivity index (χ3v) is 6.09. The van der Waals surface area contributed by atoms with Gasteiger partial charge in [0.1, 0.15) is 5.82 Å². The molecule has 1 aromatic heterocycles. The first-order valence-corrected chi connectivity index (χ1v) is 10.9. The van der Waals surface area contributed by atoms with Gasteiger partial charge in [-0.05, 0) is 30.2 Å². The summed E-state index contributed by atoms with van der Waals surface area (Å²) in [7, 11) is 0. The van der Waals surface area contributed by atoms with Gasteiger partial charge in [0, 0.05) is 22.3 Å². The van der Waals surface area contributed by atoms with Gasteiger partial charge in [0.15, 0.2) is 0 Å². The molecule has 0 bridgehead atoms. The van der Waals surface area contributed by atoms with Gasteiger partial charge in [-0.3, -0.25) is 13.9 Å². The van der Waals surface area contributed by atoms with E-state index in [1.165, 1.54) is 16.7 Å². The SMILES string of the molecule is Cc1c(-c2ccccc2F)c(=O)n(C[C@H](N)c2ccccc2)c(=O)n1Cc1ccccc1Cl. The molecule has 1 atom stereocenters. The van der Waals surface area contributed by atoms with Gasteiger partial charge in [0.2, 0.25) is 0 Å². The predicted octanol–water partition coefficient (Wildman–Crippen LogP) is 4.53. The highest BCUT2D eigenvalue weighted by atomic mass is 35.5. The molecule has 2 N–H and O–H groups in total. The third kappa shape index (κ3) is 4.53. The molecule has 7 heteroatoms. The maximum atomic E-state index is 14.7. The first kappa shape index (κ1) is 22.7. The van der Waals surface area contributed by atoms with Crippen LogP contribution in [0.15, 0.2) is 88.5 Å². The number of nitrogens with two attached hydrogens (primary N) is 1. The van der Waals surface area contributed by atoms with Crippen molar-refractivity contribution in [3.8, 4) is 11.1 Å². The van der Waals surface area contributed by atoms with Crippen molar-refractivity contribution in [2.75, 3.05) is 0 Å². The maximum absolute atomic E-state index is 14.7.